The van der Waals surface area contributed by atoms with Gasteiger partial charge in [-0.2, -0.15) is 0 Å². The third-order valence-corrected chi connectivity index (χ3v) is 3.81. The molecule has 7 nitrogen and oxygen atoms in total. The second kappa shape index (κ2) is 8.01. The number of amides is 1. The van der Waals surface area contributed by atoms with Crippen LogP contribution in [0.2, 0.25) is 0 Å². The summed E-state index contributed by atoms with van der Waals surface area (Å²) in [7, 11) is 1.57. The van der Waals surface area contributed by atoms with Gasteiger partial charge in [0.15, 0.2) is 0 Å². The number of rotatable bonds is 5. The Balaban J connectivity index is 1.62. The van der Waals surface area contributed by atoms with Gasteiger partial charge in [0, 0.05) is 17.8 Å². The van der Waals surface area contributed by atoms with Crippen LogP contribution in [-0.4, -0.2) is 18.1 Å². The van der Waals surface area contributed by atoms with E-state index in [-0.39, 0.29) is 5.69 Å². The molecule has 0 fully saturated rings. The number of benzene rings is 3. The number of methoxy groups -OCH3 is 1. The first kappa shape index (κ1) is 17.9. The van der Waals surface area contributed by atoms with E-state index in [1.807, 2.05) is 0 Å². The Bertz CT molecular complexity index is 936. The van der Waals surface area contributed by atoms with Crippen LogP contribution in [0, 0.1) is 10.1 Å². The third kappa shape index (κ3) is 4.60. The Morgan fingerprint density at radius 1 is 0.852 bits per heavy atom. The number of nitro groups is 1. The summed E-state index contributed by atoms with van der Waals surface area (Å²) < 4.78 is 10.3. The monoisotopic (exact) mass is 364 g/mol. The molecule has 0 spiro atoms. The Kier molecular flexibility index (Phi) is 5.32. The quantitative estimate of drug-likeness (QED) is 0.514. The van der Waals surface area contributed by atoms with Crippen LogP contribution in [0.15, 0.2) is 72.8 Å². The van der Waals surface area contributed by atoms with Crippen molar-refractivity contribution in [3.05, 3.63) is 82.9 Å². The van der Waals surface area contributed by atoms with E-state index in [0.29, 0.717) is 17.2 Å². The van der Waals surface area contributed by atoms with E-state index in [1.165, 1.54) is 12.1 Å². The van der Waals surface area contributed by atoms with E-state index in [9.17, 15) is 14.9 Å². The van der Waals surface area contributed by atoms with Crippen molar-refractivity contribution in [2.45, 2.75) is 0 Å². The molecule has 0 radical (unpaired) electrons. The minimum Gasteiger partial charge on any atom is -0.497 e. The van der Waals surface area contributed by atoms with Crippen molar-refractivity contribution in [2.75, 3.05) is 12.4 Å². The van der Waals surface area contributed by atoms with E-state index >= 15 is 0 Å². The highest BCUT2D eigenvalue weighted by molar-refractivity contribution is 5.86. The summed E-state index contributed by atoms with van der Waals surface area (Å²) >= 11 is 0. The summed E-state index contributed by atoms with van der Waals surface area (Å²) in [6.07, 6.45) is -0.608. The highest BCUT2D eigenvalue weighted by Gasteiger charge is 2.08. The molecule has 0 unspecified atom stereocenters. The first-order chi connectivity index (χ1) is 13.0. The Morgan fingerprint density at radius 2 is 1.37 bits per heavy atom. The maximum absolute atomic E-state index is 12.0. The van der Waals surface area contributed by atoms with Gasteiger partial charge in [0.1, 0.15) is 11.5 Å². The van der Waals surface area contributed by atoms with E-state index < -0.39 is 11.0 Å². The summed E-state index contributed by atoms with van der Waals surface area (Å²) in [5, 5.41) is 13.3. The second-order valence-corrected chi connectivity index (χ2v) is 5.57. The second-order valence-electron chi connectivity index (χ2n) is 5.57. The average Bonchev–Trinajstić information content (AvgIpc) is 2.69. The lowest BCUT2D eigenvalue weighted by atomic mass is 10.1. The van der Waals surface area contributed by atoms with Gasteiger partial charge >= 0.3 is 6.09 Å². The van der Waals surface area contributed by atoms with Crippen molar-refractivity contribution in [1.29, 1.82) is 0 Å². The lowest BCUT2D eigenvalue weighted by Gasteiger charge is -2.08. The number of non-ortho nitro benzene ring substituents is 1. The van der Waals surface area contributed by atoms with Gasteiger partial charge < -0.3 is 9.47 Å². The predicted molar refractivity (Wildman–Crippen MR) is 101 cm³/mol. The molecule has 0 saturated heterocycles. The third-order valence-electron chi connectivity index (χ3n) is 3.81. The number of ether oxygens (including phenoxy) is 2. The van der Waals surface area contributed by atoms with E-state index in [0.717, 1.165) is 11.1 Å². The molecule has 27 heavy (non-hydrogen) atoms. The van der Waals surface area contributed by atoms with Crippen LogP contribution in [0.25, 0.3) is 11.1 Å². The number of nitro benzene ring substituents is 1. The molecule has 7 heteroatoms. The molecular formula is C20H16N2O5. The normalized spacial score (nSPS) is 10.1. The molecule has 0 heterocycles. The lowest BCUT2D eigenvalue weighted by molar-refractivity contribution is -0.384. The average molecular weight is 364 g/mol. The first-order valence-electron chi connectivity index (χ1n) is 8.03. The van der Waals surface area contributed by atoms with Crippen molar-refractivity contribution >= 4 is 17.5 Å². The number of anilines is 1. The van der Waals surface area contributed by atoms with Crippen molar-refractivity contribution in [2.24, 2.45) is 0 Å². The lowest BCUT2D eigenvalue weighted by Crippen LogP contribution is -2.16. The summed E-state index contributed by atoms with van der Waals surface area (Å²) in [6, 6.07) is 20.0. The number of carbonyl (C=O) groups excluding carboxylic acids is 1. The fourth-order valence-electron chi connectivity index (χ4n) is 2.42. The van der Waals surface area contributed by atoms with Gasteiger partial charge in [0.05, 0.1) is 12.0 Å². The number of carbonyl (C=O) groups is 1. The minimum atomic E-state index is -0.608. The van der Waals surface area contributed by atoms with Gasteiger partial charge in [-0.25, -0.2) is 4.79 Å². The molecule has 1 amide bonds. The van der Waals surface area contributed by atoms with Crippen LogP contribution in [0.1, 0.15) is 0 Å². The topological polar surface area (TPSA) is 90.7 Å². The maximum atomic E-state index is 12.0. The number of nitrogens with one attached hydrogen (secondary N) is 1. The molecule has 0 atom stereocenters. The molecule has 0 aromatic heterocycles. The molecular weight excluding hydrogens is 348 g/mol. The summed E-state index contributed by atoms with van der Waals surface area (Å²) in [4.78, 5) is 22.2. The maximum Gasteiger partial charge on any atom is 0.417 e. The van der Waals surface area contributed by atoms with Crippen molar-refractivity contribution in [1.82, 2.24) is 0 Å². The Hall–Kier alpha value is -3.87. The van der Waals surface area contributed by atoms with Crippen LogP contribution < -0.4 is 14.8 Å². The van der Waals surface area contributed by atoms with Crippen LogP contribution in [-0.2, 0) is 0 Å². The van der Waals surface area contributed by atoms with Crippen molar-refractivity contribution < 1.29 is 19.2 Å². The standard InChI is InChI=1S/C20H16N2O5/c1-26-18-12-6-16(7-13-18)21-20(23)27-19-10-4-15(5-11-19)14-2-8-17(9-3-14)22(24)25/h2-13H,1H3,(H,21,23). The van der Waals surface area contributed by atoms with Crippen LogP contribution in [0.5, 0.6) is 11.5 Å². The SMILES string of the molecule is COc1ccc(NC(=O)Oc2ccc(-c3ccc([N+](=O)[O-])cc3)cc2)cc1. The minimum absolute atomic E-state index is 0.0360. The van der Waals surface area contributed by atoms with Crippen molar-refractivity contribution in [3.8, 4) is 22.6 Å². The zero-order chi connectivity index (χ0) is 19.2. The van der Waals surface area contributed by atoms with Gasteiger partial charge in [0.2, 0.25) is 0 Å². The van der Waals surface area contributed by atoms with Gasteiger partial charge in [0.25, 0.3) is 5.69 Å². The van der Waals surface area contributed by atoms with Gasteiger partial charge in [-0.1, -0.05) is 12.1 Å². The summed E-state index contributed by atoms with van der Waals surface area (Å²) in [5.74, 6) is 1.07. The number of nitrogens with zero attached hydrogens (tertiary/aromatic N) is 1. The first-order valence-corrected chi connectivity index (χ1v) is 8.03. The molecule has 1 N–H and O–H groups in total. The van der Waals surface area contributed by atoms with E-state index in [4.69, 9.17) is 9.47 Å². The Morgan fingerprint density at radius 3 is 1.89 bits per heavy atom. The molecule has 3 rings (SSSR count). The zero-order valence-electron chi connectivity index (χ0n) is 14.4. The summed E-state index contributed by atoms with van der Waals surface area (Å²) in [6.45, 7) is 0. The van der Waals surface area contributed by atoms with E-state index in [2.05, 4.69) is 5.32 Å². The van der Waals surface area contributed by atoms with Crippen LogP contribution >= 0.6 is 0 Å². The molecule has 0 bridgehead atoms. The Labute approximate surface area is 155 Å². The molecule has 0 aliphatic heterocycles. The van der Waals surface area contributed by atoms with Gasteiger partial charge in [-0.15, -0.1) is 0 Å². The fraction of sp³-hybridized carbons (Fsp3) is 0.0500. The van der Waals surface area contributed by atoms with Gasteiger partial charge in [-0.05, 0) is 59.7 Å². The number of hydrogen-bond donors (Lipinski definition) is 1. The molecule has 136 valence electrons. The highest BCUT2D eigenvalue weighted by atomic mass is 16.6. The smallest absolute Gasteiger partial charge is 0.417 e. The van der Waals surface area contributed by atoms with Crippen LogP contribution in [0.3, 0.4) is 0 Å². The molecule has 0 saturated carbocycles. The fourth-order valence-corrected chi connectivity index (χ4v) is 2.42. The predicted octanol–water partition coefficient (Wildman–Crippen LogP) is 4.88. The molecule has 0 aliphatic carbocycles. The summed E-state index contributed by atoms with van der Waals surface area (Å²) in [5.41, 5.74) is 2.31. The zero-order valence-corrected chi connectivity index (χ0v) is 14.4. The largest absolute Gasteiger partial charge is 0.497 e. The van der Waals surface area contributed by atoms with Crippen molar-refractivity contribution in [3.63, 3.8) is 0 Å². The van der Waals surface area contributed by atoms with Gasteiger partial charge in [-0.3, -0.25) is 15.4 Å². The van der Waals surface area contributed by atoms with Crippen LogP contribution in [0.4, 0.5) is 16.2 Å². The molecule has 3 aromatic carbocycles. The molecule has 0 aliphatic rings. The highest BCUT2D eigenvalue weighted by Crippen LogP contribution is 2.25. The van der Waals surface area contributed by atoms with E-state index in [1.54, 1.807) is 67.8 Å². The number of hydrogen-bond acceptors (Lipinski definition) is 5. The molecule has 3 aromatic rings.